The second-order valence-electron chi connectivity index (χ2n) is 4.26. The van der Waals surface area contributed by atoms with Gasteiger partial charge < -0.3 is 10.4 Å². The van der Waals surface area contributed by atoms with E-state index >= 15 is 0 Å². The summed E-state index contributed by atoms with van der Waals surface area (Å²) in [4.78, 5) is 12.2. The van der Waals surface area contributed by atoms with E-state index in [9.17, 15) is 9.18 Å². The predicted octanol–water partition coefficient (Wildman–Crippen LogP) is 1.55. The molecule has 0 saturated carbocycles. The standard InChI is InChI=1S/C15H14FN3O2/c1-19-14(7-8-17-19)18-15(21)13-10-12(16)6-5-11(13)4-2-3-9-20/h5-8,10,20H,3,9H2,1H3,(H,18,21). The van der Waals surface area contributed by atoms with Crippen LogP contribution in [0.4, 0.5) is 10.2 Å². The Morgan fingerprint density at radius 2 is 2.29 bits per heavy atom. The Morgan fingerprint density at radius 1 is 1.48 bits per heavy atom. The Kier molecular flexibility index (Phi) is 4.69. The first-order chi connectivity index (χ1) is 10.1. The summed E-state index contributed by atoms with van der Waals surface area (Å²) in [5.74, 6) is 4.99. The number of aromatic nitrogens is 2. The molecular weight excluding hydrogens is 273 g/mol. The minimum absolute atomic E-state index is 0.0647. The zero-order valence-corrected chi connectivity index (χ0v) is 11.4. The fourth-order valence-corrected chi connectivity index (χ4v) is 1.71. The lowest BCUT2D eigenvalue weighted by Crippen LogP contribution is -2.16. The molecule has 0 unspecified atom stereocenters. The SMILES string of the molecule is Cn1nccc1NC(=O)c1cc(F)ccc1C#CCCO. The van der Waals surface area contributed by atoms with Gasteiger partial charge in [0, 0.05) is 25.1 Å². The van der Waals surface area contributed by atoms with E-state index in [2.05, 4.69) is 22.3 Å². The number of aliphatic hydroxyl groups is 1. The Morgan fingerprint density at radius 3 is 2.95 bits per heavy atom. The molecule has 1 aromatic carbocycles. The van der Waals surface area contributed by atoms with Crippen LogP contribution >= 0.6 is 0 Å². The van der Waals surface area contributed by atoms with Crippen LogP contribution in [-0.2, 0) is 7.05 Å². The monoisotopic (exact) mass is 287 g/mol. The van der Waals surface area contributed by atoms with Gasteiger partial charge in [0.15, 0.2) is 0 Å². The van der Waals surface area contributed by atoms with Crippen molar-refractivity contribution in [1.29, 1.82) is 0 Å². The predicted molar refractivity (Wildman–Crippen MR) is 76.1 cm³/mol. The van der Waals surface area contributed by atoms with Crippen molar-refractivity contribution in [2.75, 3.05) is 11.9 Å². The summed E-state index contributed by atoms with van der Waals surface area (Å²) < 4.78 is 14.9. The van der Waals surface area contributed by atoms with Crippen LogP contribution in [0, 0.1) is 17.7 Å². The number of aliphatic hydroxyl groups excluding tert-OH is 1. The number of hydrogen-bond donors (Lipinski definition) is 2. The smallest absolute Gasteiger partial charge is 0.258 e. The van der Waals surface area contributed by atoms with Gasteiger partial charge in [0.05, 0.1) is 18.4 Å². The molecule has 5 nitrogen and oxygen atoms in total. The minimum Gasteiger partial charge on any atom is -0.395 e. The number of hydrogen-bond acceptors (Lipinski definition) is 3. The molecule has 6 heteroatoms. The first kappa shape index (κ1) is 14.8. The fourth-order valence-electron chi connectivity index (χ4n) is 1.71. The molecule has 2 N–H and O–H groups in total. The molecule has 0 saturated heterocycles. The van der Waals surface area contributed by atoms with Gasteiger partial charge in [-0.2, -0.15) is 5.10 Å². The molecule has 2 rings (SSSR count). The maximum Gasteiger partial charge on any atom is 0.258 e. The van der Waals surface area contributed by atoms with Crippen LogP contribution in [0.15, 0.2) is 30.5 Å². The van der Waals surface area contributed by atoms with Crippen LogP contribution in [-0.4, -0.2) is 27.4 Å². The van der Waals surface area contributed by atoms with Gasteiger partial charge in [-0.25, -0.2) is 4.39 Å². The third-order valence-corrected chi connectivity index (χ3v) is 2.75. The number of carbonyl (C=O) groups excluding carboxylic acids is 1. The van der Waals surface area contributed by atoms with E-state index < -0.39 is 11.7 Å². The van der Waals surface area contributed by atoms with Gasteiger partial charge in [0.1, 0.15) is 11.6 Å². The lowest BCUT2D eigenvalue weighted by atomic mass is 10.1. The normalized spacial score (nSPS) is 9.86. The zero-order chi connectivity index (χ0) is 15.2. The lowest BCUT2D eigenvalue weighted by Gasteiger charge is -2.07. The molecule has 21 heavy (non-hydrogen) atoms. The van der Waals surface area contributed by atoms with E-state index in [4.69, 9.17) is 5.11 Å². The lowest BCUT2D eigenvalue weighted by molar-refractivity contribution is 0.102. The van der Waals surface area contributed by atoms with Gasteiger partial charge in [0.25, 0.3) is 5.91 Å². The van der Waals surface area contributed by atoms with Gasteiger partial charge in [-0.15, -0.1) is 0 Å². The van der Waals surface area contributed by atoms with E-state index in [0.717, 1.165) is 6.07 Å². The summed E-state index contributed by atoms with van der Waals surface area (Å²) in [6, 6.07) is 5.45. The van der Waals surface area contributed by atoms with Crippen molar-refractivity contribution in [3.05, 3.63) is 47.4 Å². The number of rotatable bonds is 3. The molecule has 0 aliphatic heterocycles. The largest absolute Gasteiger partial charge is 0.395 e. The molecule has 0 aliphatic rings. The number of halogens is 1. The fraction of sp³-hybridized carbons (Fsp3) is 0.200. The second kappa shape index (κ2) is 6.68. The molecule has 0 atom stereocenters. The topological polar surface area (TPSA) is 67.2 Å². The molecule has 0 fully saturated rings. The van der Waals surface area contributed by atoms with E-state index in [0.29, 0.717) is 17.8 Å². The van der Waals surface area contributed by atoms with Crippen molar-refractivity contribution in [1.82, 2.24) is 9.78 Å². The Bertz CT molecular complexity index is 713. The molecule has 2 aromatic rings. The number of nitrogens with one attached hydrogen (secondary N) is 1. The van der Waals surface area contributed by atoms with Crippen molar-refractivity contribution in [2.45, 2.75) is 6.42 Å². The quantitative estimate of drug-likeness (QED) is 0.842. The Labute approximate surface area is 121 Å². The van der Waals surface area contributed by atoms with E-state index in [1.54, 1.807) is 19.3 Å². The van der Waals surface area contributed by atoms with Crippen LogP contribution in [0.1, 0.15) is 22.3 Å². The molecule has 1 heterocycles. The maximum atomic E-state index is 13.4. The van der Waals surface area contributed by atoms with Crippen molar-refractivity contribution in [3.8, 4) is 11.8 Å². The van der Waals surface area contributed by atoms with Crippen molar-refractivity contribution in [2.24, 2.45) is 7.05 Å². The number of aryl methyl sites for hydroxylation is 1. The molecule has 0 spiro atoms. The zero-order valence-electron chi connectivity index (χ0n) is 11.4. The van der Waals surface area contributed by atoms with Crippen molar-refractivity contribution >= 4 is 11.7 Å². The molecule has 0 radical (unpaired) electrons. The highest BCUT2D eigenvalue weighted by Gasteiger charge is 2.13. The Hall–Kier alpha value is -2.65. The summed E-state index contributed by atoms with van der Waals surface area (Å²) >= 11 is 0. The third kappa shape index (κ3) is 3.68. The summed E-state index contributed by atoms with van der Waals surface area (Å²) in [5, 5.41) is 15.3. The first-order valence-electron chi connectivity index (χ1n) is 6.30. The number of amides is 1. The number of nitrogens with zero attached hydrogens (tertiary/aromatic N) is 2. The first-order valence-corrected chi connectivity index (χ1v) is 6.30. The van der Waals surface area contributed by atoms with Crippen LogP contribution in [0.25, 0.3) is 0 Å². The van der Waals surface area contributed by atoms with Gasteiger partial charge in [0.2, 0.25) is 0 Å². The average Bonchev–Trinajstić information content (AvgIpc) is 2.86. The number of benzene rings is 1. The van der Waals surface area contributed by atoms with E-state index in [1.165, 1.54) is 16.8 Å². The summed E-state index contributed by atoms with van der Waals surface area (Å²) in [6.07, 6.45) is 1.84. The van der Waals surface area contributed by atoms with Crippen LogP contribution in [0.3, 0.4) is 0 Å². The Balaban J connectivity index is 2.29. The number of carbonyl (C=O) groups is 1. The van der Waals surface area contributed by atoms with Crippen LogP contribution < -0.4 is 5.32 Å². The molecular formula is C15H14FN3O2. The summed E-state index contributed by atoms with van der Waals surface area (Å²) in [5.41, 5.74) is 0.547. The van der Waals surface area contributed by atoms with Gasteiger partial charge in [-0.1, -0.05) is 11.8 Å². The summed E-state index contributed by atoms with van der Waals surface area (Å²) in [6.45, 7) is -0.0647. The highest BCUT2D eigenvalue weighted by atomic mass is 19.1. The second-order valence-corrected chi connectivity index (χ2v) is 4.26. The highest BCUT2D eigenvalue weighted by Crippen LogP contribution is 2.13. The molecule has 108 valence electrons. The van der Waals surface area contributed by atoms with Crippen molar-refractivity contribution < 1.29 is 14.3 Å². The van der Waals surface area contributed by atoms with Crippen molar-refractivity contribution in [3.63, 3.8) is 0 Å². The van der Waals surface area contributed by atoms with Gasteiger partial charge in [-0.05, 0) is 18.2 Å². The average molecular weight is 287 g/mol. The summed E-state index contributed by atoms with van der Waals surface area (Å²) in [7, 11) is 1.68. The van der Waals surface area contributed by atoms with Crippen LogP contribution in [0.2, 0.25) is 0 Å². The van der Waals surface area contributed by atoms with E-state index in [1.807, 2.05) is 0 Å². The number of anilines is 1. The molecule has 0 bridgehead atoms. The maximum absolute atomic E-state index is 13.4. The minimum atomic E-state index is -0.516. The third-order valence-electron chi connectivity index (χ3n) is 2.75. The molecule has 1 amide bonds. The van der Waals surface area contributed by atoms with Gasteiger partial charge in [-0.3, -0.25) is 9.48 Å². The van der Waals surface area contributed by atoms with E-state index in [-0.39, 0.29) is 12.2 Å². The van der Waals surface area contributed by atoms with Crippen LogP contribution in [0.5, 0.6) is 0 Å². The molecule has 1 aromatic heterocycles. The van der Waals surface area contributed by atoms with Gasteiger partial charge >= 0.3 is 0 Å². The highest BCUT2D eigenvalue weighted by molar-refractivity contribution is 6.05. The molecule has 0 aliphatic carbocycles.